The zero-order valence-electron chi connectivity index (χ0n) is 53.1. The van der Waals surface area contributed by atoms with Gasteiger partial charge >= 0.3 is 12.1 Å². The van der Waals surface area contributed by atoms with Crippen molar-refractivity contribution in [3.63, 3.8) is 0 Å². The maximum absolute atomic E-state index is 14.7. The molecule has 1 saturated carbocycles. The summed E-state index contributed by atoms with van der Waals surface area (Å²) in [7, 11) is 4.46. The number of aliphatic hydroxyl groups is 2. The van der Waals surface area contributed by atoms with Crippen molar-refractivity contribution >= 4 is 47.2 Å². The van der Waals surface area contributed by atoms with Crippen LogP contribution in [-0.4, -0.2) is 185 Å². The molecule has 23 heteroatoms. The Hall–Kier alpha value is -6.34. The first-order valence-corrected chi connectivity index (χ1v) is 31.3. The van der Waals surface area contributed by atoms with Crippen LogP contribution in [0.15, 0.2) is 72.4 Å². The van der Waals surface area contributed by atoms with E-state index in [4.69, 9.17) is 34.2 Å². The predicted molar refractivity (Wildman–Crippen MR) is 328 cm³/mol. The normalized spacial score (nSPS) is 32.9. The highest BCUT2D eigenvalue weighted by Crippen LogP contribution is 2.38. The van der Waals surface area contributed by atoms with Gasteiger partial charge in [0.1, 0.15) is 36.2 Å². The number of nitrogens with zero attached hydrogens (tertiary/aromatic N) is 7. The number of rotatable bonds is 11. The van der Waals surface area contributed by atoms with Gasteiger partial charge in [0.2, 0.25) is 17.7 Å². The Kier molecular flexibility index (Phi) is 25.5. The van der Waals surface area contributed by atoms with Crippen LogP contribution in [0.2, 0.25) is 0 Å². The second-order valence-corrected chi connectivity index (χ2v) is 24.9. The summed E-state index contributed by atoms with van der Waals surface area (Å²) in [5, 5.41) is 26.5. The van der Waals surface area contributed by atoms with Crippen molar-refractivity contribution in [1.82, 2.24) is 30.2 Å². The smallest absolute Gasteiger partial charge is 0.407 e. The fourth-order valence-electron chi connectivity index (χ4n) is 12.6. The number of aliphatic hydroxyl groups excluding tert-OH is 1. The van der Waals surface area contributed by atoms with Crippen molar-refractivity contribution in [3.8, 4) is 0 Å². The number of Topliss-reactive ketones (excluding diaryl/α,β-unsaturated/α-hetero) is 3. The van der Waals surface area contributed by atoms with Crippen LogP contribution in [0.4, 0.5) is 16.7 Å². The van der Waals surface area contributed by atoms with Gasteiger partial charge in [-0.1, -0.05) is 64.2 Å². The number of hydrogen-bond donors (Lipinski definition) is 4. The number of ether oxygens (including phenoxy) is 6. The molecular weight excluding hydrogens is 1130 g/mol. The number of aromatic nitrogens is 4. The molecule has 88 heavy (non-hydrogen) atoms. The summed E-state index contributed by atoms with van der Waals surface area (Å²) in [6.45, 7) is 15.5. The average Bonchev–Trinajstić information content (AvgIpc) is 3.70. The van der Waals surface area contributed by atoms with Gasteiger partial charge in [-0.2, -0.15) is 0 Å². The molecule has 4 aliphatic heterocycles. The Bertz CT molecular complexity index is 2810. The minimum Gasteiger partial charge on any atom is -0.459 e. The number of aryl methyl sites for hydroxylation is 1. The van der Waals surface area contributed by atoms with Crippen LogP contribution in [0.25, 0.3) is 0 Å². The number of allylic oxidation sites excluding steroid dienone is 6. The molecular formula is C65H95N9O14. The molecule has 0 unspecified atom stereocenters. The number of ketones is 3. The number of nitrogens with one attached hydrogen (secondary N) is 1. The molecule has 7 rings (SSSR count). The van der Waals surface area contributed by atoms with E-state index in [1.165, 1.54) is 14.2 Å². The van der Waals surface area contributed by atoms with Crippen LogP contribution in [0.5, 0.6) is 0 Å². The van der Waals surface area contributed by atoms with E-state index in [0.29, 0.717) is 101 Å². The topological polar surface area (TPSA) is 298 Å². The van der Waals surface area contributed by atoms with E-state index < -0.39 is 102 Å². The Morgan fingerprint density at radius 2 is 1.45 bits per heavy atom. The highest BCUT2D eigenvalue weighted by atomic mass is 16.6. The standard InChI is InChI=1S/C65H95N9O14/c1-39-16-12-11-13-17-41(3)53(83-8)32-48-21-19-45(7)65(82,88-48)59(78)60(79)74-23-15-14-18-50(74)61(80)86-54(33-51(75)42(4)29-44(6)57(77)58(85-10)56(76)43(5)28-39)49(66)30-46-20-22-52(55(31-46)84-9)87-64(81)71-38-47-36-69-63(70-37-47)73-26-24-72(25-27-73)62-67-34-40(2)35-68-62/h11-13,16-17,29,34-37,39,42-43,45-46,48-50,52-55,57-58,77,82H,14-15,18-28,30-33,38,66H2,1-10H3,(H,71,81)/b13-11?,16-12+,41-17?,44-29+/t39-,42-,43-,45-,46+,48+,49-,50+,52-,53+,54+,55-,57-,58+,65-/m1/s1. The summed E-state index contributed by atoms with van der Waals surface area (Å²) < 4.78 is 35.7. The molecule has 3 saturated heterocycles. The van der Waals surface area contributed by atoms with Crippen molar-refractivity contribution in [2.45, 2.75) is 193 Å². The Balaban J connectivity index is 1.04. The zero-order valence-corrected chi connectivity index (χ0v) is 53.1. The summed E-state index contributed by atoms with van der Waals surface area (Å²) in [5.41, 5.74) is 9.91. The number of fused-ring (bicyclic) bond motifs is 3. The molecule has 0 aromatic carbocycles. The third-order valence-corrected chi connectivity index (χ3v) is 18.2. The molecule has 2 bridgehead atoms. The number of nitrogens with two attached hydrogens (primary N) is 1. The average molecular weight is 1230 g/mol. The molecule has 1 aliphatic carbocycles. The van der Waals surface area contributed by atoms with Crippen molar-refractivity contribution < 1.29 is 67.4 Å². The SMILES string of the molecule is CO[C@H]1C[C@@H]2CC[C@@H](C)[C@@](O)(O2)C(=O)C(=O)N2CCCC[C@H]2C(=O)O[C@H]([C@H](N)C[C@@H]2CC[C@@H](OC(=O)NCc3cnc(N4CCN(c5ncc(C)cn5)CC4)nc3)[C@H](OC)C2)CC(=O)[C@H](C)/C=C(\C)[C@@H](O)[C@@H](OC)C(=O)[C@H](C)C[C@H](C)/C=C/C=CC=C1C. The first-order chi connectivity index (χ1) is 42.0. The molecule has 6 heterocycles. The number of carbonyl (C=O) groups is 6. The second-order valence-electron chi connectivity index (χ2n) is 24.9. The summed E-state index contributed by atoms with van der Waals surface area (Å²) in [6.07, 6.45) is 15.4. The first-order valence-electron chi connectivity index (χ1n) is 31.3. The lowest BCUT2D eigenvalue weighted by Crippen LogP contribution is -2.61. The maximum Gasteiger partial charge on any atom is 0.407 e. The van der Waals surface area contributed by atoms with Crippen LogP contribution >= 0.6 is 0 Å². The van der Waals surface area contributed by atoms with Crippen molar-refractivity contribution in [2.24, 2.45) is 35.3 Å². The second kappa shape index (κ2) is 32.4. The number of methoxy groups -OCH3 is 3. The molecule has 5 N–H and O–H groups in total. The van der Waals surface area contributed by atoms with Gasteiger partial charge in [-0.3, -0.25) is 19.2 Å². The molecule has 23 nitrogen and oxygen atoms in total. The van der Waals surface area contributed by atoms with Gasteiger partial charge < -0.3 is 64.4 Å². The van der Waals surface area contributed by atoms with Crippen LogP contribution in [-0.2, 0) is 58.9 Å². The Labute approximate surface area is 518 Å². The Morgan fingerprint density at radius 1 is 0.784 bits per heavy atom. The number of amides is 2. The molecule has 15 atom stereocenters. The number of piperazine rings is 1. The lowest BCUT2D eigenvalue weighted by molar-refractivity contribution is -0.265. The molecule has 4 fully saturated rings. The molecule has 0 spiro atoms. The molecule has 0 radical (unpaired) electrons. The fraction of sp³-hybridized carbons (Fsp3) is 0.662. The zero-order chi connectivity index (χ0) is 63.8. The fourth-order valence-corrected chi connectivity index (χ4v) is 12.6. The number of piperidine rings is 1. The molecule has 2 amide bonds. The number of alkyl carbamates (subject to hydrolysis) is 1. The van der Waals surface area contributed by atoms with Crippen LogP contribution in [0.3, 0.4) is 0 Å². The predicted octanol–water partition coefficient (Wildman–Crippen LogP) is 6.02. The summed E-state index contributed by atoms with van der Waals surface area (Å²) in [5.74, 6) is -7.28. The van der Waals surface area contributed by atoms with E-state index in [-0.39, 0.29) is 62.2 Å². The van der Waals surface area contributed by atoms with E-state index in [0.717, 1.165) is 16.0 Å². The van der Waals surface area contributed by atoms with Gasteiger partial charge in [-0.05, 0) is 114 Å². The van der Waals surface area contributed by atoms with Gasteiger partial charge in [0.15, 0.2) is 5.78 Å². The van der Waals surface area contributed by atoms with E-state index in [9.17, 15) is 39.0 Å². The highest BCUT2D eigenvalue weighted by molar-refractivity contribution is 6.39. The van der Waals surface area contributed by atoms with E-state index >= 15 is 0 Å². The molecule has 5 aliphatic rings. The van der Waals surface area contributed by atoms with E-state index in [1.807, 2.05) is 51.2 Å². The van der Waals surface area contributed by atoms with E-state index in [2.05, 4.69) is 35.1 Å². The number of cyclic esters (lactones) is 1. The lowest BCUT2D eigenvalue weighted by atomic mass is 9.80. The first kappa shape index (κ1) is 69.1. The summed E-state index contributed by atoms with van der Waals surface area (Å²) >= 11 is 0. The Morgan fingerprint density at radius 3 is 2.10 bits per heavy atom. The molecule has 484 valence electrons. The third-order valence-electron chi connectivity index (χ3n) is 18.2. The van der Waals surface area contributed by atoms with E-state index in [1.54, 1.807) is 65.7 Å². The van der Waals surface area contributed by atoms with Crippen molar-refractivity contribution in [2.75, 3.05) is 63.9 Å². The quantitative estimate of drug-likeness (QED) is 0.114. The van der Waals surface area contributed by atoms with Gasteiger partial charge in [0.05, 0.1) is 18.3 Å². The maximum atomic E-state index is 14.7. The van der Waals surface area contributed by atoms with Gasteiger partial charge in [0, 0.05) is 128 Å². The lowest BCUT2D eigenvalue weighted by Gasteiger charge is -2.42. The van der Waals surface area contributed by atoms with Gasteiger partial charge in [0.25, 0.3) is 11.7 Å². The number of hydrogen-bond acceptors (Lipinski definition) is 21. The van der Waals surface area contributed by atoms with Crippen LogP contribution < -0.4 is 20.9 Å². The van der Waals surface area contributed by atoms with Gasteiger partial charge in [-0.25, -0.2) is 29.5 Å². The monoisotopic (exact) mass is 1230 g/mol. The summed E-state index contributed by atoms with van der Waals surface area (Å²) in [6, 6.07) is -2.18. The molecule has 2 aromatic rings. The third kappa shape index (κ3) is 18.2. The van der Waals surface area contributed by atoms with Crippen LogP contribution in [0, 0.1) is 36.5 Å². The number of anilines is 2. The highest BCUT2D eigenvalue weighted by Gasteiger charge is 2.53. The van der Waals surface area contributed by atoms with Gasteiger partial charge in [-0.15, -0.1) is 0 Å². The number of carbonyl (C=O) groups excluding carboxylic acids is 6. The number of esters is 1. The summed E-state index contributed by atoms with van der Waals surface area (Å²) in [4.78, 5) is 108. The molecule has 2 aromatic heterocycles. The minimum atomic E-state index is -2.49. The largest absolute Gasteiger partial charge is 0.459 e. The van der Waals surface area contributed by atoms with Crippen molar-refractivity contribution in [1.29, 1.82) is 0 Å². The van der Waals surface area contributed by atoms with Crippen LogP contribution in [0.1, 0.15) is 130 Å². The van der Waals surface area contributed by atoms with Crippen molar-refractivity contribution in [3.05, 3.63) is 83.5 Å². The minimum absolute atomic E-state index is 0.0175.